The van der Waals surface area contributed by atoms with Gasteiger partial charge in [0.25, 0.3) is 5.56 Å². The summed E-state index contributed by atoms with van der Waals surface area (Å²) >= 11 is 0. The van der Waals surface area contributed by atoms with Crippen LogP contribution in [0.25, 0.3) is 10.8 Å². The molecule has 3 rings (SSSR count). The highest BCUT2D eigenvalue weighted by Gasteiger charge is 2.10. The molecule has 1 amide bonds. The van der Waals surface area contributed by atoms with E-state index >= 15 is 0 Å². The lowest BCUT2D eigenvalue weighted by Crippen LogP contribution is -2.34. The second kappa shape index (κ2) is 7.45. The van der Waals surface area contributed by atoms with Gasteiger partial charge in [0, 0.05) is 10.9 Å². The van der Waals surface area contributed by atoms with Gasteiger partial charge in [-0.2, -0.15) is 5.10 Å². The number of fused-ring (bicyclic) bond motifs is 1. The summed E-state index contributed by atoms with van der Waals surface area (Å²) in [6.45, 7) is 1.91. The number of carbonyl (C=O) groups is 1. The van der Waals surface area contributed by atoms with E-state index in [1.165, 1.54) is 4.68 Å². The number of rotatable bonds is 3. The van der Waals surface area contributed by atoms with E-state index in [1.807, 2.05) is 49.4 Å². The first kappa shape index (κ1) is 16.5. The number of carbonyl (C=O) groups excluding carboxylic acids is 1. The first-order chi connectivity index (χ1) is 12.1. The Morgan fingerprint density at radius 2 is 1.76 bits per heavy atom. The highest BCUT2D eigenvalue weighted by Crippen LogP contribution is 2.11. The van der Waals surface area contributed by atoms with Crippen molar-refractivity contribution in [2.75, 3.05) is 6.54 Å². The molecule has 124 valence electrons. The maximum absolute atomic E-state index is 12.4. The number of amides is 1. The molecule has 2 aromatic carbocycles. The van der Waals surface area contributed by atoms with Crippen molar-refractivity contribution >= 4 is 16.7 Å². The van der Waals surface area contributed by atoms with Crippen LogP contribution >= 0.6 is 0 Å². The summed E-state index contributed by atoms with van der Waals surface area (Å²) in [5, 5.41) is 8.27. The molecule has 1 N–H and O–H groups in total. The molecule has 0 spiro atoms. The smallest absolute Gasteiger partial charge is 0.275 e. The molecule has 0 bridgehead atoms. The predicted molar refractivity (Wildman–Crippen MR) is 97.1 cm³/mol. The van der Waals surface area contributed by atoms with E-state index in [2.05, 4.69) is 22.3 Å². The Kier molecular flexibility index (Phi) is 4.91. The lowest BCUT2D eigenvalue weighted by Gasteiger charge is -2.08. The van der Waals surface area contributed by atoms with Crippen molar-refractivity contribution in [1.29, 1.82) is 0 Å². The van der Waals surface area contributed by atoms with Gasteiger partial charge in [0.15, 0.2) is 0 Å². The van der Waals surface area contributed by atoms with E-state index in [0.29, 0.717) is 11.1 Å². The molecule has 0 saturated heterocycles. The molecule has 0 unspecified atom stereocenters. The van der Waals surface area contributed by atoms with Crippen molar-refractivity contribution in [1.82, 2.24) is 15.1 Å². The molecule has 0 atom stereocenters. The normalized spacial score (nSPS) is 10.1. The van der Waals surface area contributed by atoms with E-state index in [1.54, 1.807) is 12.1 Å². The minimum absolute atomic E-state index is 0.127. The van der Waals surface area contributed by atoms with Crippen LogP contribution < -0.4 is 10.9 Å². The molecule has 1 aromatic heterocycles. The standard InChI is InChI=1S/C20H17N3O2/c1-15-17-11-5-6-12-18(17)20(25)23(22-15)14-19(24)21-13-7-10-16-8-3-2-4-9-16/h2-6,8-9,11-12H,13-14H2,1H3,(H,21,24). The average Bonchev–Trinajstić information content (AvgIpc) is 2.64. The fraction of sp³-hybridized carbons (Fsp3) is 0.150. The number of nitrogens with zero attached hydrogens (tertiary/aromatic N) is 2. The molecule has 0 aliphatic carbocycles. The Bertz CT molecular complexity index is 1030. The molecular formula is C20H17N3O2. The Hall–Kier alpha value is -3.39. The first-order valence-corrected chi connectivity index (χ1v) is 7.92. The summed E-state index contributed by atoms with van der Waals surface area (Å²) in [5.41, 5.74) is 1.33. The number of hydrogen-bond acceptors (Lipinski definition) is 3. The fourth-order valence-electron chi connectivity index (χ4n) is 2.51. The van der Waals surface area contributed by atoms with Gasteiger partial charge >= 0.3 is 0 Å². The van der Waals surface area contributed by atoms with Crippen LogP contribution in [0.5, 0.6) is 0 Å². The largest absolute Gasteiger partial charge is 0.344 e. The molecule has 0 aliphatic rings. The Morgan fingerprint density at radius 3 is 2.52 bits per heavy atom. The van der Waals surface area contributed by atoms with Crippen molar-refractivity contribution in [3.63, 3.8) is 0 Å². The number of hydrogen-bond donors (Lipinski definition) is 1. The molecule has 5 nitrogen and oxygen atoms in total. The van der Waals surface area contributed by atoms with Crippen LogP contribution in [0.4, 0.5) is 0 Å². The molecule has 0 fully saturated rings. The van der Waals surface area contributed by atoms with E-state index < -0.39 is 0 Å². The number of aromatic nitrogens is 2. The van der Waals surface area contributed by atoms with Gasteiger partial charge in [-0.05, 0) is 25.1 Å². The SMILES string of the molecule is Cc1nn(CC(=O)NCC#Cc2ccccc2)c(=O)c2ccccc12. The summed E-state index contributed by atoms with van der Waals surface area (Å²) in [6, 6.07) is 16.8. The highest BCUT2D eigenvalue weighted by molar-refractivity contribution is 5.83. The van der Waals surface area contributed by atoms with E-state index in [9.17, 15) is 9.59 Å². The third-order valence-corrected chi connectivity index (χ3v) is 3.73. The maximum Gasteiger partial charge on any atom is 0.275 e. The van der Waals surface area contributed by atoms with Crippen LogP contribution in [-0.4, -0.2) is 22.2 Å². The third kappa shape index (κ3) is 3.93. The Labute approximate surface area is 145 Å². The quantitative estimate of drug-likeness (QED) is 0.745. The second-order valence-corrected chi connectivity index (χ2v) is 5.54. The summed E-state index contributed by atoms with van der Waals surface area (Å²) in [5.74, 6) is 5.54. The number of benzene rings is 2. The van der Waals surface area contributed by atoms with Crippen molar-refractivity contribution in [2.45, 2.75) is 13.5 Å². The molecule has 0 radical (unpaired) electrons. The zero-order chi connectivity index (χ0) is 17.6. The van der Waals surface area contributed by atoms with Crippen molar-refractivity contribution in [3.8, 4) is 11.8 Å². The molecule has 25 heavy (non-hydrogen) atoms. The van der Waals surface area contributed by atoms with Crippen LogP contribution in [-0.2, 0) is 11.3 Å². The fourth-order valence-corrected chi connectivity index (χ4v) is 2.51. The van der Waals surface area contributed by atoms with E-state index in [4.69, 9.17) is 0 Å². The highest BCUT2D eigenvalue weighted by atomic mass is 16.2. The van der Waals surface area contributed by atoms with E-state index in [0.717, 1.165) is 10.9 Å². The summed E-state index contributed by atoms with van der Waals surface area (Å²) in [7, 11) is 0. The first-order valence-electron chi connectivity index (χ1n) is 7.92. The van der Waals surface area contributed by atoms with Gasteiger partial charge in [0.05, 0.1) is 17.6 Å². The molecule has 5 heteroatoms. The van der Waals surface area contributed by atoms with Gasteiger partial charge in [0.1, 0.15) is 6.54 Å². The summed E-state index contributed by atoms with van der Waals surface area (Å²) in [4.78, 5) is 24.5. The monoisotopic (exact) mass is 331 g/mol. The van der Waals surface area contributed by atoms with Crippen LogP contribution in [0.1, 0.15) is 11.3 Å². The van der Waals surface area contributed by atoms with Crippen molar-refractivity contribution in [2.24, 2.45) is 0 Å². The van der Waals surface area contributed by atoms with Crippen molar-refractivity contribution < 1.29 is 4.79 Å². The molecule has 0 aliphatic heterocycles. The lowest BCUT2D eigenvalue weighted by molar-refractivity contribution is -0.121. The summed E-state index contributed by atoms with van der Waals surface area (Å²) in [6.07, 6.45) is 0. The maximum atomic E-state index is 12.4. The van der Waals surface area contributed by atoms with Gasteiger partial charge in [-0.3, -0.25) is 9.59 Å². The number of nitrogens with one attached hydrogen (secondary N) is 1. The molecule has 0 saturated carbocycles. The van der Waals surface area contributed by atoms with Crippen LogP contribution in [0.2, 0.25) is 0 Å². The molecule has 1 heterocycles. The Balaban J connectivity index is 1.68. The second-order valence-electron chi connectivity index (χ2n) is 5.54. The topological polar surface area (TPSA) is 64.0 Å². The third-order valence-electron chi connectivity index (χ3n) is 3.73. The van der Waals surface area contributed by atoms with Crippen LogP contribution in [0.15, 0.2) is 59.4 Å². The van der Waals surface area contributed by atoms with E-state index in [-0.39, 0.29) is 24.6 Å². The lowest BCUT2D eigenvalue weighted by atomic mass is 10.1. The molecule has 3 aromatic rings. The van der Waals surface area contributed by atoms with Gasteiger partial charge in [-0.15, -0.1) is 0 Å². The predicted octanol–water partition coefficient (Wildman–Crippen LogP) is 1.87. The van der Waals surface area contributed by atoms with Crippen LogP contribution in [0.3, 0.4) is 0 Å². The minimum Gasteiger partial charge on any atom is -0.344 e. The summed E-state index contributed by atoms with van der Waals surface area (Å²) < 4.78 is 1.19. The van der Waals surface area contributed by atoms with Crippen molar-refractivity contribution in [3.05, 3.63) is 76.2 Å². The average molecular weight is 331 g/mol. The Morgan fingerprint density at radius 1 is 1.08 bits per heavy atom. The van der Waals surface area contributed by atoms with Gasteiger partial charge in [-0.25, -0.2) is 4.68 Å². The van der Waals surface area contributed by atoms with Crippen LogP contribution in [0, 0.1) is 18.8 Å². The molecular weight excluding hydrogens is 314 g/mol. The zero-order valence-electron chi connectivity index (χ0n) is 13.8. The van der Waals surface area contributed by atoms with Gasteiger partial charge < -0.3 is 5.32 Å². The number of aryl methyl sites for hydroxylation is 1. The van der Waals surface area contributed by atoms with Gasteiger partial charge in [0.2, 0.25) is 5.91 Å². The zero-order valence-corrected chi connectivity index (χ0v) is 13.8. The van der Waals surface area contributed by atoms with Gasteiger partial charge in [-0.1, -0.05) is 48.2 Å². The minimum atomic E-state index is -0.299.